The number of carbonyl (C=O) groups excluding carboxylic acids is 1. The predicted molar refractivity (Wildman–Crippen MR) is 79.4 cm³/mol. The summed E-state index contributed by atoms with van der Waals surface area (Å²) in [5, 5.41) is 4.92. The molecule has 0 spiro atoms. The zero-order valence-electron chi connectivity index (χ0n) is 11.5. The van der Waals surface area contributed by atoms with Gasteiger partial charge >= 0.3 is 0 Å². The second-order valence-electron chi connectivity index (χ2n) is 5.24. The molecule has 1 atom stereocenters. The smallest absolute Gasteiger partial charge is 0.249 e. The Morgan fingerprint density at radius 2 is 1.85 bits per heavy atom. The molecule has 1 amide bonds. The van der Waals surface area contributed by atoms with Crippen molar-refractivity contribution >= 4 is 18.3 Å². The van der Waals surface area contributed by atoms with Crippen LogP contribution in [0.1, 0.15) is 30.9 Å². The van der Waals surface area contributed by atoms with Gasteiger partial charge in [0, 0.05) is 12.3 Å². The molecular weight excluding hydrogens is 276 g/mol. The quantitative estimate of drug-likeness (QED) is 0.910. The third-order valence-corrected chi connectivity index (χ3v) is 3.99. The molecular formula is C15H21ClN2O2. The first-order chi connectivity index (χ1) is 9.36. The molecule has 2 saturated heterocycles. The van der Waals surface area contributed by atoms with Crippen LogP contribution in [0.15, 0.2) is 30.3 Å². The number of hydroxylamine groups is 2. The standard InChI is InChI=1S/C15H20N2O2.ClH/c18-15(13-6-9-16-10-7-13)17-14(8-11-19-17)12-4-2-1-3-5-12;/h1-5,13-14,16H,6-11H2;1H/t14-;/m0./s1. The van der Waals surface area contributed by atoms with Gasteiger partial charge in [0.05, 0.1) is 12.6 Å². The second kappa shape index (κ2) is 7.07. The molecule has 0 saturated carbocycles. The summed E-state index contributed by atoms with van der Waals surface area (Å²) in [6, 6.07) is 10.3. The predicted octanol–water partition coefficient (Wildman–Crippen LogP) is 2.31. The van der Waals surface area contributed by atoms with Gasteiger partial charge in [-0.25, -0.2) is 5.06 Å². The van der Waals surface area contributed by atoms with Crippen molar-refractivity contribution in [2.75, 3.05) is 19.7 Å². The lowest BCUT2D eigenvalue weighted by Gasteiger charge is -2.29. The van der Waals surface area contributed by atoms with Crippen LogP contribution in [0, 0.1) is 5.92 Å². The highest BCUT2D eigenvalue weighted by molar-refractivity contribution is 5.85. The molecule has 3 rings (SSSR count). The maximum atomic E-state index is 12.6. The van der Waals surface area contributed by atoms with E-state index in [9.17, 15) is 4.79 Å². The van der Waals surface area contributed by atoms with Crippen LogP contribution in [0.2, 0.25) is 0 Å². The van der Waals surface area contributed by atoms with E-state index >= 15 is 0 Å². The van der Waals surface area contributed by atoms with E-state index in [0.717, 1.165) is 32.4 Å². The van der Waals surface area contributed by atoms with Crippen molar-refractivity contribution in [3.63, 3.8) is 0 Å². The average molecular weight is 297 g/mol. The minimum atomic E-state index is 0. The molecule has 1 aromatic carbocycles. The number of piperidine rings is 1. The normalized spacial score (nSPS) is 23.4. The van der Waals surface area contributed by atoms with Crippen molar-refractivity contribution in [1.82, 2.24) is 10.4 Å². The van der Waals surface area contributed by atoms with E-state index in [1.807, 2.05) is 18.2 Å². The molecule has 2 aliphatic heterocycles. The monoisotopic (exact) mass is 296 g/mol. The SMILES string of the molecule is Cl.O=C(C1CCNCC1)N1OCC[C@H]1c1ccccc1. The molecule has 2 fully saturated rings. The Balaban J connectivity index is 0.00000147. The van der Waals surface area contributed by atoms with Crippen molar-refractivity contribution in [1.29, 1.82) is 0 Å². The number of nitrogens with one attached hydrogen (secondary N) is 1. The first-order valence-corrected chi connectivity index (χ1v) is 7.08. The van der Waals surface area contributed by atoms with Gasteiger partial charge in [-0.1, -0.05) is 30.3 Å². The fourth-order valence-electron chi connectivity index (χ4n) is 2.91. The number of nitrogens with zero attached hydrogens (tertiary/aromatic N) is 1. The lowest BCUT2D eigenvalue weighted by molar-refractivity contribution is -0.182. The van der Waals surface area contributed by atoms with E-state index in [0.29, 0.717) is 6.61 Å². The maximum Gasteiger partial charge on any atom is 0.249 e. The number of hydrogen-bond acceptors (Lipinski definition) is 3. The molecule has 1 aromatic rings. The van der Waals surface area contributed by atoms with Gasteiger partial charge in [-0.15, -0.1) is 12.4 Å². The number of halogens is 1. The van der Waals surface area contributed by atoms with Crippen LogP contribution in [-0.4, -0.2) is 30.7 Å². The van der Waals surface area contributed by atoms with Crippen LogP contribution in [0.25, 0.3) is 0 Å². The Kier molecular flexibility index (Phi) is 5.40. The molecule has 0 aliphatic carbocycles. The van der Waals surface area contributed by atoms with E-state index < -0.39 is 0 Å². The van der Waals surface area contributed by atoms with E-state index in [-0.39, 0.29) is 30.3 Å². The summed E-state index contributed by atoms with van der Waals surface area (Å²) in [6.45, 7) is 2.50. The summed E-state index contributed by atoms with van der Waals surface area (Å²) in [5.41, 5.74) is 1.17. The Hall–Kier alpha value is -1.10. The van der Waals surface area contributed by atoms with Gasteiger partial charge in [0.1, 0.15) is 0 Å². The van der Waals surface area contributed by atoms with Gasteiger partial charge in [0.25, 0.3) is 0 Å². The summed E-state index contributed by atoms with van der Waals surface area (Å²) in [7, 11) is 0. The first-order valence-electron chi connectivity index (χ1n) is 7.08. The molecule has 110 valence electrons. The van der Waals surface area contributed by atoms with Crippen LogP contribution >= 0.6 is 12.4 Å². The molecule has 0 bridgehead atoms. The van der Waals surface area contributed by atoms with E-state index in [1.54, 1.807) is 5.06 Å². The van der Waals surface area contributed by atoms with Gasteiger partial charge in [0.15, 0.2) is 0 Å². The molecule has 4 nitrogen and oxygen atoms in total. The number of hydrogen-bond donors (Lipinski definition) is 1. The van der Waals surface area contributed by atoms with Gasteiger partial charge in [-0.2, -0.15) is 0 Å². The Labute approximate surface area is 125 Å². The highest BCUT2D eigenvalue weighted by Gasteiger charge is 2.35. The molecule has 5 heteroatoms. The van der Waals surface area contributed by atoms with Crippen molar-refractivity contribution in [2.24, 2.45) is 5.92 Å². The van der Waals surface area contributed by atoms with Crippen molar-refractivity contribution < 1.29 is 9.63 Å². The largest absolute Gasteiger partial charge is 0.317 e. The average Bonchev–Trinajstić information content (AvgIpc) is 2.98. The molecule has 0 aromatic heterocycles. The van der Waals surface area contributed by atoms with Crippen LogP contribution in [0.3, 0.4) is 0 Å². The van der Waals surface area contributed by atoms with E-state index in [4.69, 9.17) is 4.84 Å². The third-order valence-electron chi connectivity index (χ3n) is 3.99. The fourth-order valence-corrected chi connectivity index (χ4v) is 2.91. The summed E-state index contributed by atoms with van der Waals surface area (Å²) in [4.78, 5) is 18.2. The zero-order valence-corrected chi connectivity index (χ0v) is 12.3. The molecule has 2 heterocycles. The highest BCUT2D eigenvalue weighted by Crippen LogP contribution is 2.32. The number of amides is 1. The van der Waals surface area contributed by atoms with Crippen molar-refractivity contribution in [2.45, 2.75) is 25.3 Å². The van der Waals surface area contributed by atoms with Crippen LogP contribution < -0.4 is 5.32 Å². The Bertz CT molecular complexity index is 435. The van der Waals surface area contributed by atoms with Gasteiger partial charge in [-0.05, 0) is 31.5 Å². The number of carbonyl (C=O) groups is 1. The summed E-state index contributed by atoms with van der Waals surface area (Å²) in [5.74, 6) is 0.276. The number of benzene rings is 1. The van der Waals surface area contributed by atoms with Crippen molar-refractivity contribution in [3.8, 4) is 0 Å². The van der Waals surface area contributed by atoms with Crippen LogP contribution in [0.5, 0.6) is 0 Å². The zero-order chi connectivity index (χ0) is 13.1. The van der Waals surface area contributed by atoms with Crippen LogP contribution in [-0.2, 0) is 9.63 Å². The molecule has 0 unspecified atom stereocenters. The lowest BCUT2D eigenvalue weighted by Crippen LogP contribution is -2.40. The maximum absolute atomic E-state index is 12.6. The number of rotatable bonds is 2. The Morgan fingerprint density at radius 3 is 2.55 bits per heavy atom. The minimum absolute atomic E-state index is 0. The summed E-state index contributed by atoms with van der Waals surface area (Å²) in [6.07, 6.45) is 2.72. The highest BCUT2D eigenvalue weighted by atomic mass is 35.5. The topological polar surface area (TPSA) is 41.6 Å². The second-order valence-corrected chi connectivity index (χ2v) is 5.24. The third kappa shape index (κ3) is 3.14. The van der Waals surface area contributed by atoms with Gasteiger partial charge in [-0.3, -0.25) is 9.63 Å². The van der Waals surface area contributed by atoms with Crippen molar-refractivity contribution in [3.05, 3.63) is 35.9 Å². The van der Waals surface area contributed by atoms with Gasteiger partial charge < -0.3 is 5.32 Å². The Morgan fingerprint density at radius 1 is 1.15 bits per heavy atom. The first kappa shape index (κ1) is 15.3. The summed E-state index contributed by atoms with van der Waals surface area (Å²) >= 11 is 0. The molecule has 2 aliphatic rings. The van der Waals surface area contributed by atoms with Gasteiger partial charge in [0.2, 0.25) is 5.91 Å². The molecule has 20 heavy (non-hydrogen) atoms. The summed E-state index contributed by atoms with van der Waals surface area (Å²) < 4.78 is 0. The van der Waals surface area contributed by atoms with E-state index in [2.05, 4.69) is 17.4 Å². The van der Waals surface area contributed by atoms with Crippen LogP contribution in [0.4, 0.5) is 0 Å². The minimum Gasteiger partial charge on any atom is -0.317 e. The lowest BCUT2D eigenvalue weighted by atomic mass is 9.95. The fraction of sp³-hybridized carbons (Fsp3) is 0.533. The molecule has 1 N–H and O–H groups in total. The molecule has 0 radical (unpaired) electrons. The van der Waals surface area contributed by atoms with E-state index in [1.165, 1.54) is 5.56 Å².